The molecule has 0 aliphatic carbocycles. The Morgan fingerprint density at radius 3 is 2.36 bits per heavy atom. The normalized spacial score (nSPS) is 15.1. The standard InChI is InChI=1S/C29H37FN4O5/c1-17-8-9-20(13-23(17)30)25(16-33-10-11-34(19(3)15-33)28(37)39-29(4,5)6)38-24-12-18(2)21(26(31)35)14-22(24)27(36)32-7/h8-9,12-14,25H,10-11,15-16H2,1-7H3,(H2-,31,32,35,36)/p+1/t25-/m1/s1. The zero-order valence-corrected chi connectivity index (χ0v) is 23.7. The van der Waals surface area contributed by atoms with Gasteiger partial charge in [0.2, 0.25) is 5.91 Å². The SMILES string of the molecule is CNC(=O)c1cc(C(N)=O)c(C)cc1O[C@H](CN1CC[N+](C(=O)OC(C)(C)C)=C(C)C1)c1ccc(C)c(F)c1. The van der Waals surface area contributed by atoms with Crippen LogP contribution in [0.1, 0.15) is 71.2 Å². The van der Waals surface area contributed by atoms with Crippen LogP contribution >= 0.6 is 0 Å². The molecule has 10 heteroatoms. The van der Waals surface area contributed by atoms with Crippen molar-refractivity contribution < 1.29 is 32.8 Å². The van der Waals surface area contributed by atoms with Gasteiger partial charge in [0.1, 0.15) is 23.3 Å². The van der Waals surface area contributed by atoms with E-state index in [1.54, 1.807) is 36.6 Å². The molecule has 0 aromatic heterocycles. The van der Waals surface area contributed by atoms with E-state index in [-0.39, 0.29) is 22.7 Å². The monoisotopic (exact) mass is 541 g/mol. The van der Waals surface area contributed by atoms with Crippen LogP contribution in [0.4, 0.5) is 9.18 Å². The van der Waals surface area contributed by atoms with E-state index < -0.39 is 29.6 Å². The van der Waals surface area contributed by atoms with Crippen molar-refractivity contribution in [3.63, 3.8) is 0 Å². The number of rotatable bonds is 7. The largest absolute Gasteiger partial charge is 0.596 e. The summed E-state index contributed by atoms with van der Waals surface area (Å²) in [6, 6.07) is 7.91. The highest BCUT2D eigenvalue weighted by molar-refractivity contribution is 6.01. The van der Waals surface area contributed by atoms with Crippen molar-refractivity contribution in [2.45, 2.75) is 53.2 Å². The molecule has 2 aromatic rings. The quantitative estimate of drug-likeness (QED) is 0.516. The van der Waals surface area contributed by atoms with Gasteiger partial charge in [-0.2, -0.15) is 4.79 Å². The average Bonchev–Trinajstić information content (AvgIpc) is 2.83. The molecule has 3 amide bonds. The van der Waals surface area contributed by atoms with Crippen LogP contribution in [0.25, 0.3) is 0 Å². The number of halogens is 1. The molecule has 210 valence electrons. The van der Waals surface area contributed by atoms with Crippen molar-refractivity contribution in [3.8, 4) is 5.75 Å². The van der Waals surface area contributed by atoms with E-state index in [1.807, 2.05) is 27.7 Å². The summed E-state index contributed by atoms with van der Waals surface area (Å²) in [7, 11) is 1.48. The molecule has 39 heavy (non-hydrogen) atoms. The highest BCUT2D eigenvalue weighted by Gasteiger charge is 2.34. The maximum Gasteiger partial charge on any atom is 0.596 e. The van der Waals surface area contributed by atoms with Crippen molar-refractivity contribution in [3.05, 3.63) is 64.0 Å². The number of aryl methyl sites for hydroxylation is 2. The van der Waals surface area contributed by atoms with Gasteiger partial charge in [-0.1, -0.05) is 12.1 Å². The minimum absolute atomic E-state index is 0.145. The summed E-state index contributed by atoms with van der Waals surface area (Å²) < 4.78 is 28.2. The van der Waals surface area contributed by atoms with Gasteiger partial charge >= 0.3 is 6.09 Å². The zero-order chi connectivity index (χ0) is 29.1. The second kappa shape index (κ2) is 11.9. The number of benzene rings is 2. The fourth-order valence-corrected chi connectivity index (χ4v) is 4.40. The van der Waals surface area contributed by atoms with Gasteiger partial charge in [-0.05, 0) is 69.5 Å². The van der Waals surface area contributed by atoms with Crippen LogP contribution in [0.3, 0.4) is 0 Å². The molecule has 0 saturated carbocycles. The summed E-state index contributed by atoms with van der Waals surface area (Å²) in [5.41, 5.74) is 7.71. The first-order valence-electron chi connectivity index (χ1n) is 12.8. The average molecular weight is 542 g/mol. The molecular formula is C29H38FN4O5+. The number of nitrogens with two attached hydrogens (primary N) is 1. The van der Waals surface area contributed by atoms with Crippen LogP contribution in [-0.4, -0.2) is 71.9 Å². The Kier molecular flexibility index (Phi) is 9.11. The van der Waals surface area contributed by atoms with Crippen LogP contribution in [0.15, 0.2) is 30.3 Å². The Labute approximate surface area is 228 Å². The van der Waals surface area contributed by atoms with Crippen LogP contribution in [0.2, 0.25) is 0 Å². The topological polar surface area (TPSA) is 114 Å². The fraction of sp³-hybridized carbons (Fsp3) is 0.448. The molecule has 1 atom stereocenters. The van der Waals surface area contributed by atoms with Crippen molar-refractivity contribution in [1.82, 2.24) is 10.2 Å². The predicted molar refractivity (Wildman–Crippen MR) is 146 cm³/mol. The first-order chi connectivity index (χ1) is 18.2. The molecule has 0 spiro atoms. The third kappa shape index (κ3) is 7.41. The van der Waals surface area contributed by atoms with E-state index >= 15 is 0 Å². The van der Waals surface area contributed by atoms with Gasteiger partial charge < -0.3 is 20.5 Å². The molecular weight excluding hydrogens is 503 g/mol. The molecule has 0 saturated heterocycles. The summed E-state index contributed by atoms with van der Waals surface area (Å²) in [5.74, 6) is -1.23. The lowest BCUT2D eigenvalue weighted by molar-refractivity contribution is -0.458. The van der Waals surface area contributed by atoms with Gasteiger partial charge in [-0.3, -0.25) is 14.5 Å². The van der Waals surface area contributed by atoms with Crippen LogP contribution in [-0.2, 0) is 4.74 Å². The Morgan fingerprint density at radius 2 is 1.79 bits per heavy atom. The number of nitrogens with zero attached hydrogens (tertiary/aromatic N) is 2. The minimum atomic E-state index is -0.664. The van der Waals surface area contributed by atoms with Gasteiger partial charge in [-0.25, -0.2) is 4.39 Å². The van der Waals surface area contributed by atoms with E-state index in [4.69, 9.17) is 15.2 Å². The van der Waals surface area contributed by atoms with Gasteiger partial charge in [0.05, 0.1) is 18.7 Å². The molecule has 1 heterocycles. The number of primary amides is 1. The van der Waals surface area contributed by atoms with E-state index in [0.717, 1.165) is 5.71 Å². The maximum atomic E-state index is 14.6. The first-order valence-corrected chi connectivity index (χ1v) is 12.8. The van der Waals surface area contributed by atoms with E-state index in [1.165, 1.54) is 19.2 Å². The number of hydrogen-bond acceptors (Lipinski definition) is 6. The van der Waals surface area contributed by atoms with Crippen LogP contribution < -0.4 is 15.8 Å². The number of carbonyl (C=O) groups is 3. The Hall–Kier alpha value is -3.79. The van der Waals surface area contributed by atoms with Crippen LogP contribution in [0, 0.1) is 19.7 Å². The summed E-state index contributed by atoms with van der Waals surface area (Å²) >= 11 is 0. The summed E-state index contributed by atoms with van der Waals surface area (Å²) in [4.78, 5) is 39.4. The van der Waals surface area contributed by atoms with Crippen molar-refractivity contribution in [2.75, 3.05) is 33.2 Å². The smallest absolute Gasteiger partial charge is 0.484 e. The number of nitrogens with one attached hydrogen (secondary N) is 1. The third-order valence-corrected chi connectivity index (χ3v) is 6.49. The minimum Gasteiger partial charge on any atom is -0.484 e. The number of ether oxygens (including phenoxy) is 2. The molecule has 3 N–H and O–H groups in total. The summed E-state index contributed by atoms with van der Waals surface area (Å²) in [6.07, 6.45) is -1.06. The van der Waals surface area contributed by atoms with E-state index in [0.29, 0.717) is 42.9 Å². The van der Waals surface area contributed by atoms with Gasteiger partial charge in [-0.15, -0.1) is 4.58 Å². The number of carbonyl (C=O) groups excluding carboxylic acids is 3. The van der Waals surface area contributed by atoms with Gasteiger partial charge in [0.15, 0.2) is 12.3 Å². The highest BCUT2D eigenvalue weighted by Crippen LogP contribution is 2.30. The van der Waals surface area contributed by atoms with Crippen molar-refractivity contribution in [1.29, 1.82) is 0 Å². The highest BCUT2D eigenvalue weighted by atomic mass is 19.1. The molecule has 9 nitrogen and oxygen atoms in total. The molecule has 0 bridgehead atoms. The van der Waals surface area contributed by atoms with Crippen molar-refractivity contribution in [2.24, 2.45) is 5.73 Å². The third-order valence-electron chi connectivity index (χ3n) is 6.49. The van der Waals surface area contributed by atoms with Crippen LogP contribution in [0.5, 0.6) is 5.75 Å². The van der Waals surface area contributed by atoms with Gasteiger partial charge in [0, 0.05) is 26.1 Å². The molecule has 1 aliphatic rings. The molecule has 1 aliphatic heterocycles. The second-order valence-corrected chi connectivity index (χ2v) is 10.8. The molecule has 2 aromatic carbocycles. The number of hydrogen-bond donors (Lipinski definition) is 2. The van der Waals surface area contributed by atoms with E-state index in [9.17, 15) is 18.8 Å². The second-order valence-electron chi connectivity index (χ2n) is 10.8. The predicted octanol–water partition coefficient (Wildman–Crippen LogP) is 3.75. The molecule has 0 fully saturated rings. The fourth-order valence-electron chi connectivity index (χ4n) is 4.40. The van der Waals surface area contributed by atoms with Gasteiger partial charge in [0.25, 0.3) is 5.91 Å². The Bertz CT molecular complexity index is 1320. The lowest BCUT2D eigenvalue weighted by Crippen LogP contribution is -2.48. The van der Waals surface area contributed by atoms with E-state index in [2.05, 4.69) is 10.2 Å². The lowest BCUT2D eigenvalue weighted by atomic mass is 10.0. The Morgan fingerprint density at radius 1 is 1.10 bits per heavy atom. The summed E-state index contributed by atoms with van der Waals surface area (Å²) in [6.45, 7) is 12.5. The number of amides is 3. The maximum absolute atomic E-state index is 14.6. The zero-order valence-electron chi connectivity index (χ0n) is 23.7. The Balaban J connectivity index is 1.96. The van der Waals surface area contributed by atoms with Crippen molar-refractivity contribution >= 4 is 23.6 Å². The molecule has 0 radical (unpaired) electrons. The molecule has 0 unspecified atom stereocenters. The lowest BCUT2D eigenvalue weighted by Gasteiger charge is -2.30. The molecule has 3 rings (SSSR count). The summed E-state index contributed by atoms with van der Waals surface area (Å²) in [5, 5.41) is 2.56. The first kappa shape index (κ1) is 29.8.